The van der Waals surface area contributed by atoms with Crippen LogP contribution in [0.2, 0.25) is 13.1 Å². The van der Waals surface area contributed by atoms with E-state index in [0.717, 1.165) is 17.0 Å². The number of fused-ring (bicyclic) bond motifs is 6. The minimum atomic E-state index is -1.89. The van der Waals surface area contributed by atoms with E-state index in [2.05, 4.69) is 104 Å². The number of hydrogen-bond donors (Lipinski definition) is 0. The van der Waals surface area contributed by atoms with Gasteiger partial charge in [-0.05, 0) is 57.8 Å². The molecule has 0 N–H and O–H groups in total. The first-order valence-corrected chi connectivity index (χ1v) is 13.5. The minimum Gasteiger partial charge on any atom is -0.398 e. The van der Waals surface area contributed by atoms with Gasteiger partial charge in [-0.2, -0.15) is 4.57 Å². The van der Waals surface area contributed by atoms with E-state index in [-0.39, 0.29) is 0 Å². The second-order valence-corrected chi connectivity index (χ2v) is 13.3. The Morgan fingerprint density at radius 3 is 2.23 bits per heavy atom. The summed E-state index contributed by atoms with van der Waals surface area (Å²) in [5, 5.41) is 5.58. The monoisotopic (exact) mass is 406 g/mol. The van der Waals surface area contributed by atoms with Crippen molar-refractivity contribution in [1.29, 1.82) is 0 Å². The lowest BCUT2D eigenvalue weighted by Crippen LogP contribution is -2.49. The van der Waals surface area contributed by atoms with Gasteiger partial charge in [-0.25, -0.2) is 0 Å². The Morgan fingerprint density at radius 1 is 0.767 bits per heavy atom. The molecule has 3 heteroatoms. The molecule has 0 bridgehead atoms. The van der Waals surface area contributed by atoms with Crippen LogP contribution >= 0.6 is 0 Å². The summed E-state index contributed by atoms with van der Waals surface area (Å²) in [6.45, 7) is 7.07. The fourth-order valence-corrected chi connectivity index (χ4v) is 8.53. The smallest absolute Gasteiger partial charge is 0.381 e. The van der Waals surface area contributed by atoms with Crippen LogP contribution in [-0.4, -0.2) is 8.07 Å². The summed E-state index contributed by atoms with van der Waals surface area (Å²) in [4.78, 5) is 0. The number of aryl methyl sites for hydroxylation is 2. The second-order valence-electron chi connectivity index (χ2n) is 8.99. The van der Waals surface area contributed by atoms with E-state index in [1.54, 1.807) is 0 Å². The van der Waals surface area contributed by atoms with Crippen molar-refractivity contribution in [1.82, 2.24) is 0 Å². The molecule has 0 saturated carbocycles. The Bertz CT molecular complexity index is 1490. The molecule has 2 heterocycles. The van der Waals surface area contributed by atoms with Crippen LogP contribution in [-0.2, 0) is 7.05 Å². The van der Waals surface area contributed by atoms with Gasteiger partial charge in [-0.1, -0.05) is 61.6 Å². The van der Waals surface area contributed by atoms with E-state index in [1.165, 1.54) is 43.4 Å². The molecule has 0 unspecified atom stereocenters. The van der Waals surface area contributed by atoms with Crippen LogP contribution in [0.15, 0.2) is 77.2 Å². The highest BCUT2D eigenvalue weighted by Crippen LogP contribution is 2.35. The summed E-state index contributed by atoms with van der Waals surface area (Å²) in [6.07, 6.45) is 0. The van der Waals surface area contributed by atoms with Crippen molar-refractivity contribution in [2.45, 2.75) is 20.0 Å². The Labute approximate surface area is 177 Å². The number of nitrogens with zero attached hydrogens (tertiary/aromatic N) is 1. The van der Waals surface area contributed by atoms with Gasteiger partial charge in [0, 0.05) is 11.3 Å². The van der Waals surface area contributed by atoms with Crippen molar-refractivity contribution in [3.63, 3.8) is 0 Å². The molecule has 0 spiro atoms. The molecule has 6 rings (SSSR count). The highest BCUT2D eigenvalue weighted by Gasteiger charge is 2.42. The third-order valence-corrected chi connectivity index (χ3v) is 10.4. The first-order chi connectivity index (χ1) is 14.5. The van der Waals surface area contributed by atoms with Crippen molar-refractivity contribution in [3.05, 3.63) is 78.4 Å². The van der Waals surface area contributed by atoms with Crippen LogP contribution in [0.25, 0.3) is 44.5 Å². The van der Waals surface area contributed by atoms with Crippen LogP contribution in [0.4, 0.5) is 0 Å². The van der Waals surface area contributed by atoms with Crippen molar-refractivity contribution in [2.75, 3.05) is 0 Å². The van der Waals surface area contributed by atoms with Crippen LogP contribution < -0.4 is 14.9 Å². The van der Waals surface area contributed by atoms with Gasteiger partial charge in [0.15, 0.2) is 0 Å². The maximum absolute atomic E-state index is 6.67. The number of aromatic nitrogens is 1. The zero-order valence-corrected chi connectivity index (χ0v) is 18.8. The molecule has 146 valence electrons. The Balaban J connectivity index is 1.68. The molecule has 0 atom stereocenters. The van der Waals surface area contributed by atoms with Gasteiger partial charge < -0.3 is 4.42 Å². The molecule has 1 aliphatic heterocycles. The maximum Gasteiger partial charge on any atom is 0.381 e. The van der Waals surface area contributed by atoms with Gasteiger partial charge in [0.25, 0.3) is 5.52 Å². The lowest BCUT2D eigenvalue weighted by Gasteiger charge is -2.18. The zero-order chi connectivity index (χ0) is 20.6. The van der Waals surface area contributed by atoms with Crippen LogP contribution in [0.1, 0.15) is 5.56 Å². The average Bonchev–Trinajstić information content (AvgIpc) is 3.19. The first kappa shape index (κ1) is 17.7. The molecule has 0 fully saturated rings. The third-order valence-electron chi connectivity index (χ3n) is 6.85. The second kappa shape index (κ2) is 5.93. The predicted molar refractivity (Wildman–Crippen MR) is 127 cm³/mol. The third kappa shape index (κ3) is 2.21. The molecule has 30 heavy (non-hydrogen) atoms. The van der Waals surface area contributed by atoms with Gasteiger partial charge in [-0.3, -0.25) is 0 Å². The van der Waals surface area contributed by atoms with Crippen molar-refractivity contribution in [3.8, 4) is 22.6 Å². The van der Waals surface area contributed by atoms with Gasteiger partial charge in [0.1, 0.15) is 15.1 Å². The van der Waals surface area contributed by atoms with Gasteiger partial charge in [0.05, 0.1) is 5.56 Å². The highest BCUT2D eigenvalue weighted by molar-refractivity contribution is 7.05. The zero-order valence-electron chi connectivity index (χ0n) is 17.8. The summed E-state index contributed by atoms with van der Waals surface area (Å²) >= 11 is 0. The molecule has 1 aliphatic rings. The van der Waals surface area contributed by atoms with Crippen molar-refractivity contribution in [2.24, 2.45) is 7.05 Å². The minimum absolute atomic E-state index is 0.933. The van der Waals surface area contributed by atoms with Gasteiger partial charge in [0.2, 0.25) is 5.58 Å². The molecular weight excluding hydrogens is 382 g/mol. The SMILES string of the molecule is Cc1ccccc1-c1oc2c3c(ccc2[n+]1C)-c1cc2ccccc2cc1[Si]3(C)C. The molecule has 4 aromatic carbocycles. The number of benzene rings is 4. The molecule has 0 amide bonds. The average molecular weight is 407 g/mol. The molecule has 2 nitrogen and oxygen atoms in total. The Morgan fingerprint density at radius 2 is 1.47 bits per heavy atom. The van der Waals surface area contributed by atoms with Crippen LogP contribution in [0.5, 0.6) is 0 Å². The Kier molecular flexibility index (Phi) is 3.49. The highest BCUT2D eigenvalue weighted by atomic mass is 28.3. The van der Waals surface area contributed by atoms with Crippen LogP contribution in [0, 0.1) is 6.92 Å². The molecular formula is C27H24NOSi+. The molecule has 0 aliphatic carbocycles. The van der Waals surface area contributed by atoms with Gasteiger partial charge in [-0.15, -0.1) is 0 Å². The lowest BCUT2D eigenvalue weighted by molar-refractivity contribution is -0.637. The number of hydrogen-bond acceptors (Lipinski definition) is 1. The lowest BCUT2D eigenvalue weighted by atomic mass is 10.0. The quantitative estimate of drug-likeness (QED) is 0.277. The molecule has 1 aromatic heterocycles. The fraction of sp³-hybridized carbons (Fsp3) is 0.148. The topological polar surface area (TPSA) is 17.0 Å². The first-order valence-electron chi connectivity index (χ1n) is 10.5. The molecule has 0 radical (unpaired) electrons. The maximum atomic E-state index is 6.67. The Hall–Kier alpha value is -3.17. The predicted octanol–water partition coefficient (Wildman–Crippen LogP) is 5.19. The van der Waals surface area contributed by atoms with Crippen molar-refractivity contribution < 1.29 is 8.98 Å². The summed E-state index contributed by atoms with van der Waals surface area (Å²) in [6, 6.07) is 26.5. The standard InChI is InChI=1S/C27H24NOSi/c1-17-9-5-8-12-20(17)27-28(2)23-14-13-21-22-15-18-10-6-7-11-19(18)16-24(22)30(3,4)26(21)25(23)29-27/h5-16H,1-4H3/q+1. The van der Waals surface area contributed by atoms with E-state index in [9.17, 15) is 0 Å². The number of rotatable bonds is 1. The normalized spacial score (nSPS) is 14.3. The summed E-state index contributed by atoms with van der Waals surface area (Å²) in [5.74, 6) is 0.933. The fourth-order valence-electron chi connectivity index (χ4n) is 5.22. The summed E-state index contributed by atoms with van der Waals surface area (Å²) in [5.41, 5.74) is 7.36. The number of oxazole rings is 1. The summed E-state index contributed by atoms with van der Waals surface area (Å²) in [7, 11) is 0.222. The van der Waals surface area contributed by atoms with E-state index in [0.29, 0.717) is 0 Å². The van der Waals surface area contributed by atoms with Crippen LogP contribution in [0.3, 0.4) is 0 Å². The molecule has 5 aromatic rings. The van der Waals surface area contributed by atoms with E-state index in [4.69, 9.17) is 4.42 Å². The molecule has 0 saturated heterocycles. The van der Waals surface area contributed by atoms with E-state index < -0.39 is 8.07 Å². The summed E-state index contributed by atoms with van der Waals surface area (Å²) < 4.78 is 8.88. The van der Waals surface area contributed by atoms with E-state index >= 15 is 0 Å². The van der Waals surface area contributed by atoms with Gasteiger partial charge >= 0.3 is 5.89 Å². The van der Waals surface area contributed by atoms with Crippen molar-refractivity contribution >= 4 is 40.3 Å². The largest absolute Gasteiger partial charge is 0.398 e. The van der Waals surface area contributed by atoms with E-state index in [1.807, 2.05) is 0 Å².